The second-order valence-electron chi connectivity index (χ2n) is 7.19. The number of H-pyrrole nitrogens is 1. The van der Waals surface area contributed by atoms with E-state index in [4.69, 9.17) is 15.9 Å². The van der Waals surface area contributed by atoms with Crippen molar-refractivity contribution in [1.82, 2.24) is 20.9 Å². The normalized spacial score (nSPS) is 13.5. The molecule has 1 aromatic heterocycles. The first-order chi connectivity index (χ1) is 15.6. The van der Waals surface area contributed by atoms with Crippen molar-refractivity contribution in [1.29, 1.82) is 0 Å². The second-order valence-corrected chi connectivity index (χ2v) is 7.19. The van der Waals surface area contributed by atoms with Gasteiger partial charge >= 0.3 is 11.9 Å². The molecule has 3 amide bonds. The van der Waals surface area contributed by atoms with Crippen LogP contribution in [0.3, 0.4) is 0 Å². The molecule has 3 atom stereocenters. The SMILES string of the molecule is NC(Cc1c[nH]c2ccccc12)C(=O)NCC(=O)NC(CO)C(=O)NC(CC(=O)O)C(=O)O. The van der Waals surface area contributed by atoms with Crippen LogP contribution in [0.1, 0.15) is 12.0 Å². The van der Waals surface area contributed by atoms with Gasteiger partial charge in [0.25, 0.3) is 0 Å². The van der Waals surface area contributed by atoms with Crippen molar-refractivity contribution < 1.29 is 39.3 Å². The van der Waals surface area contributed by atoms with Crippen LogP contribution in [0.2, 0.25) is 0 Å². The molecule has 1 aromatic carbocycles. The molecule has 13 heteroatoms. The molecule has 0 aliphatic rings. The summed E-state index contributed by atoms with van der Waals surface area (Å²) in [6.45, 7) is -1.44. The summed E-state index contributed by atoms with van der Waals surface area (Å²) in [5.74, 6) is -5.61. The number of aliphatic hydroxyl groups is 1. The lowest BCUT2D eigenvalue weighted by Crippen LogP contribution is -2.55. The number of hydrogen-bond acceptors (Lipinski definition) is 7. The van der Waals surface area contributed by atoms with Gasteiger partial charge in [-0.05, 0) is 18.1 Å². The number of aromatic amines is 1. The minimum atomic E-state index is -1.75. The Balaban J connectivity index is 1.85. The molecule has 3 unspecified atom stereocenters. The molecule has 178 valence electrons. The molecular formula is C20H25N5O8. The van der Waals surface area contributed by atoms with Gasteiger partial charge in [-0.2, -0.15) is 0 Å². The van der Waals surface area contributed by atoms with Crippen molar-refractivity contribution in [2.24, 2.45) is 5.73 Å². The first-order valence-electron chi connectivity index (χ1n) is 9.85. The van der Waals surface area contributed by atoms with Gasteiger partial charge in [0.2, 0.25) is 17.7 Å². The van der Waals surface area contributed by atoms with Gasteiger partial charge < -0.3 is 42.0 Å². The average molecular weight is 463 g/mol. The van der Waals surface area contributed by atoms with Crippen molar-refractivity contribution >= 4 is 40.6 Å². The zero-order valence-corrected chi connectivity index (χ0v) is 17.4. The Morgan fingerprint density at radius 2 is 1.70 bits per heavy atom. The fraction of sp³-hybridized carbons (Fsp3) is 0.350. The van der Waals surface area contributed by atoms with Crippen LogP contribution in [0.5, 0.6) is 0 Å². The lowest BCUT2D eigenvalue weighted by atomic mass is 10.1. The number of carbonyl (C=O) groups excluding carboxylic acids is 3. The van der Waals surface area contributed by atoms with E-state index in [1.165, 1.54) is 0 Å². The number of aliphatic carboxylic acids is 2. The van der Waals surface area contributed by atoms with E-state index < -0.39 is 67.4 Å². The standard InChI is InChI=1S/C20H25N5O8/c21-12(5-10-7-22-13-4-2-1-3-11(10)13)18(30)23-8-16(27)24-15(9-26)19(31)25-14(20(32)33)6-17(28)29/h1-4,7,12,14-15,22,26H,5-6,8-9,21H2,(H,23,30)(H,24,27)(H,25,31)(H,28,29)(H,32,33). The van der Waals surface area contributed by atoms with Gasteiger partial charge in [-0.3, -0.25) is 19.2 Å². The lowest BCUT2D eigenvalue weighted by molar-refractivity contribution is -0.147. The van der Waals surface area contributed by atoms with Gasteiger partial charge in [0.05, 0.1) is 25.6 Å². The maximum absolute atomic E-state index is 12.2. The third-order valence-corrected chi connectivity index (χ3v) is 4.70. The van der Waals surface area contributed by atoms with E-state index in [0.717, 1.165) is 16.5 Å². The molecule has 9 N–H and O–H groups in total. The van der Waals surface area contributed by atoms with Crippen molar-refractivity contribution in [2.45, 2.75) is 31.0 Å². The molecule has 2 aromatic rings. The Kier molecular flexibility index (Phi) is 8.89. The molecule has 2 rings (SSSR count). The van der Waals surface area contributed by atoms with Crippen LogP contribution in [-0.4, -0.2) is 81.2 Å². The number of nitrogens with one attached hydrogen (secondary N) is 4. The summed E-state index contributed by atoms with van der Waals surface area (Å²) < 4.78 is 0. The van der Waals surface area contributed by atoms with E-state index >= 15 is 0 Å². The third kappa shape index (κ3) is 7.29. The summed E-state index contributed by atoms with van der Waals surface area (Å²) in [5, 5.41) is 34.3. The smallest absolute Gasteiger partial charge is 0.326 e. The molecule has 0 radical (unpaired) electrons. The highest BCUT2D eigenvalue weighted by Gasteiger charge is 2.28. The van der Waals surface area contributed by atoms with E-state index in [1.807, 2.05) is 29.6 Å². The summed E-state index contributed by atoms with van der Waals surface area (Å²) in [6.07, 6.45) is 1.06. The molecule has 0 spiro atoms. The monoisotopic (exact) mass is 463 g/mol. The van der Waals surface area contributed by atoms with Crippen molar-refractivity contribution in [3.05, 3.63) is 36.0 Å². The minimum absolute atomic E-state index is 0.208. The molecular weight excluding hydrogens is 438 g/mol. The van der Waals surface area contributed by atoms with Crippen LogP contribution < -0.4 is 21.7 Å². The highest BCUT2D eigenvalue weighted by Crippen LogP contribution is 2.18. The number of carboxylic acids is 2. The summed E-state index contributed by atoms with van der Waals surface area (Å²) >= 11 is 0. The highest BCUT2D eigenvalue weighted by molar-refractivity contribution is 5.93. The fourth-order valence-corrected chi connectivity index (χ4v) is 3.02. The van der Waals surface area contributed by atoms with Gasteiger partial charge in [0.1, 0.15) is 12.1 Å². The highest BCUT2D eigenvalue weighted by atomic mass is 16.4. The molecule has 1 heterocycles. The summed E-state index contributed by atoms with van der Waals surface area (Å²) in [6, 6.07) is 3.22. The fourth-order valence-electron chi connectivity index (χ4n) is 3.02. The third-order valence-electron chi connectivity index (χ3n) is 4.70. The Morgan fingerprint density at radius 3 is 2.33 bits per heavy atom. The second kappa shape index (κ2) is 11.6. The Bertz CT molecular complexity index is 1040. The number of carboxylic acid groups (broad SMARTS) is 2. The number of carbonyl (C=O) groups is 5. The number of nitrogens with two attached hydrogens (primary N) is 1. The zero-order chi connectivity index (χ0) is 24.5. The number of para-hydroxylation sites is 1. The maximum Gasteiger partial charge on any atom is 0.326 e. The van der Waals surface area contributed by atoms with Crippen molar-refractivity contribution in [3.63, 3.8) is 0 Å². The number of hydrogen-bond donors (Lipinski definition) is 8. The van der Waals surface area contributed by atoms with Gasteiger partial charge in [-0.1, -0.05) is 18.2 Å². The number of amides is 3. The van der Waals surface area contributed by atoms with Gasteiger partial charge in [0.15, 0.2) is 0 Å². The van der Waals surface area contributed by atoms with Gasteiger partial charge in [-0.15, -0.1) is 0 Å². The van der Waals surface area contributed by atoms with Crippen LogP contribution in [0.25, 0.3) is 10.9 Å². The molecule has 0 saturated carbocycles. The number of benzene rings is 1. The Morgan fingerprint density at radius 1 is 1.00 bits per heavy atom. The van der Waals surface area contributed by atoms with Gasteiger partial charge in [-0.25, -0.2) is 4.79 Å². The molecule has 0 fully saturated rings. The zero-order valence-electron chi connectivity index (χ0n) is 17.4. The van der Waals surface area contributed by atoms with E-state index in [1.54, 1.807) is 6.20 Å². The Hall–Kier alpha value is -3.97. The predicted octanol–water partition coefficient (Wildman–Crippen LogP) is -2.32. The van der Waals surface area contributed by atoms with Crippen LogP contribution in [0.15, 0.2) is 30.5 Å². The molecule has 0 aliphatic carbocycles. The Labute approximate surface area is 187 Å². The first-order valence-corrected chi connectivity index (χ1v) is 9.85. The number of aromatic nitrogens is 1. The molecule has 0 bridgehead atoms. The van der Waals surface area contributed by atoms with E-state index in [0.29, 0.717) is 0 Å². The summed E-state index contributed by atoms with van der Waals surface area (Å²) in [7, 11) is 0. The quantitative estimate of drug-likeness (QED) is 0.169. The van der Waals surface area contributed by atoms with E-state index in [2.05, 4.69) is 15.6 Å². The number of fused-ring (bicyclic) bond motifs is 1. The van der Waals surface area contributed by atoms with Crippen molar-refractivity contribution in [3.8, 4) is 0 Å². The average Bonchev–Trinajstić information content (AvgIpc) is 3.17. The molecule has 33 heavy (non-hydrogen) atoms. The predicted molar refractivity (Wildman–Crippen MR) is 114 cm³/mol. The van der Waals surface area contributed by atoms with Crippen LogP contribution >= 0.6 is 0 Å². The summed E-state index contributed by atoms with van der Waals surface area (Å²) in [4.78, 5) is 61.2. The molecule has 13 nitrogen and oxygen atoms in total. The maximum atomic E-state index is 12.2. The van der Waals surface area contributed by atoms with E-state index in [-0.39, 0.29) is 6.42 Å². The van der Waals surface area contributed by atoms with Crippen LogP contribution in [0.4, 0.5) is 0 Å². The topological polar surface area (TPSA) is 224 Å². The number of rotatable bonds is 12. The van der Waals surface area contributed by atoms with Gasteiger partial charge in [0, 0.05) is 17.1 Å². The minimum Gasteiger partial charge on any atom is -0.481 e. The first kappa shape index (κ1) is 25.3. The largest absolute Gasteiger partial charge is 0.481 e. The molecule has 0 aliphatic heterocycles. The number of aliphatic hydroxyl groups excluding tert-OH is 1. The summed E-state index contributed by atoms with van der Waals surface area (Å²) in [5.41, 5.74) is 7.63. The van der Waals surface area contributed by atoms with Crippen molar-refractivity contribution in [2.75, 3.05) is 13.2 Å². The van der Waals surface area contributed by atoms with E-state index in [9.17, 15) is 29.1 Å². The van der Waals surface area contributed by atoms with Crippen LogP contribution in [0, 0.1) is 0 Å². The molecule has 0 saturated heterocycles. The van der Waals surface area contributed by atoms with Crippen LogP contribution in [-0.2, 0) is 30.4 Å². The lowest BCUT2D eigenvalue weighted by Gasteiger charge is -2.19.